The number of benzene rings is 2. The number of halogens is 2. The van der Waals surface area contributed by atoms with Crippen molar-refractivity contribution in [1.82, 2.24) is 0 Å². The highest BCUT2D eigenvalue weighted by Crippen LogP contribution is 2.34. The van der Waals surface area contributed by atoms with Gasteiger partial charge in [0.05, 0.1) is 29.3 Å². The van der Waals surface area contributed by atoms with Crippen molar-refractivity contribution in [3.8, 4) is 0 Å². The van der Waals surface area contributed by atoms with E-state index in [-0.39, 0.29) is 17.7 Å². The SMILES string of the molecule is Cc1coc2c1c(C)cc1oc(=O)c(CC(=O)Nc3ccc(F)cc3F)c(C)c12. The molecule has 0 saturated heterocycles. The predicted octanol–water partition coefficient (Wildman–Crippen LogP) is 4.92. The molecular weight excluding hydrogens is 380 g/mol. The van der Waals surface area contributed by atoms with Crippen LogP contribution in [0.3, 0.4) is 0 Å². The summed E-state index contributed by atoms with van der Waals surface area (Å²) in [6, 6.07) is 4.60. The number of rotatable bonds is 3. The fraction of sp³-hybridized carbons (Fsp3) is 0.182. The van der Waals surface area contributed by atoms with Gasteiger partial charge in [-0.3, -0.25) is 4.79 Å². The quantitative estimate of drug-likeness (QED) is 0.498. The van der Waals surface area contributed by atoms with Gasteiger partial charge in [0, 0.05) is 11.5 Å². The Hall–Kier alpha value is -3.48. The number of anilines is 1. The van der Waals surface area contributed by atoms with Gasteiger partial charge in [-0.15, -0.1) is 0 Å². The molecule has 0 aliphatic heterocycles. The van der Waals surface area contributed by atoms with Crippen LogP contribution in [0.4, 0.5) is 14.5 Å². The van der Waals surface area contributed by atoms with E-state index in [2.05, 4.69) is 5.32 Å². The molecular formula is C22H17F2NO4. The summed E-state index contributed by atoms with van der Waals surface area (Å²) < 4.78 is 38.0. The lowest BCUT2D eigenvalue weighted by atomic mass is 9.98. The number of hydrogen-bond acceptors (Lipinski definition) is 4. The Morgan fingerprint density at radius 2 is 1.83 bits per heavy atom. The number of aryl methyl sites for hydroxylation is 3. The largest absolute Gasteiger partial charge is 0.463 e. The van der Waals surface area contributed by atoms with Gasteiger partial charge >= 0.3 is 5.63 Å². The smallest absolute Gasteiger partial charge is 0.340 e. The van der Waals surface area contributed by atoms with Crippen LogP contribution in [0.1, 0.15) is 22.3 Å². The van der Waals surface area contributed by atoms with Gasteiger partial charge in [0.1, 0.15) is 22.8 Å². The van der Waals surface area contributed by atoms with Crippen molar-refractivity contribution < 1.29 is 22.4 Å². The number of fused-ring (bicyclic) bond motifs is 3. The summed E-state index contributed by atoms with van der Waals surface area (Å²) in [5, 5.41) is 3.90. The van der Waals surface area contributed by atoms with Crippen molar-refractivity contribution in [2.45, 2.75) is 27.2 Å². The number of carbonyl (C=O) groups is 1. The number of nitrogens with one attached hydrogen (secondary N) is 1. The van der Waals surface area contributed by atoms with Gasteiger partial charge in [0.15, 0.2) is 0 Å². The molecule has 0 aliphatic rings. The topological polar surface area (TPSA) is 72.5 Å². The van der Waals surface area contributed by atoms with E-state index in [1.807, 2.05) is 13.8 Å². The molecule has 0 spiro atoms. The molecule has 0 radical (unpaired) electrons. The van der Waals surface area contributed by atoms with E-state index in [4.69, 9.17) is 8.83 Å². The van der Waals surface area contributed by atoms with Crippen molar-refractivity contribution in [2.75, 3.05) is 5.32 Å². The molecule has 4 rings (SSSR count). The van der Waals surface area contributed by atoms with Crippen molar-refractivity contribution in [2.24, 2.45) is 0 Å². The molecule has 0 saturated carbocycles. The highest BCUT2D eigenvalue weighted by atomic mass is 19.1. The zero-order valence-electron chi connectivity index (χ0n) is 16.0. The molecule has 4 aromatic rings. The molecule has 7 heteroatoms. The first-order valence-electron chi connectivity index (χ1n) is 8.95. The summed E-state index contributed by atoms with van der Waals surface area (Å²) in [5.74, 6) is -2.27. The average molecular weight is 397 g/mol. The van der Waals surface area contributed by atoms with Crippen LogP contribution in [0.2, 0.25) is 0 Å². The highest BCUT2D eigenvalue weighted by molar-refractivity contribution is 6.07. The van der Waals surface area contributed by atoms with Gasteiger partial charge in [-0.2, -0.15) is 0 Å². The third-order valence-corrected chi connectivity index (χ3v) is 5.01. The first kappa shape index (κ1) is 18.9. The fourth-order valence-electron chi connectivity index (χ4n) is 3.62. The second kappa shape index (κ2) is 6.84. The Balaban J connectivity index is 1.77. The van der Waals surface area contributed by atoms with Crippen LogP contribution in [-0.4, -0.2) is 5.91 Å². The molecule has 2 aromatic heterocycles. The molecule has 0 atom stereocenters. The van der Waals surface area contributed by atoms with Crippen LogP contribution < -0.4 is 10.9 Å². The fourth-order valence-corrected chi connectivity index (χ4v) is 3.62. The minimum Gasteiger partial charge on any atom is -0.463 e. The summed E-state index contributed by atoms with van der Waals surface area (Å²) in [6.45, 7) is 5.54. The zero-order chi connectivity index (χ0) is 20.9. The number of hydrogen-bond donors (Lipinski definition) is 1. The highest BCUT2D eigenvalue weighted by Gasteiger charge is 2.20. The Labute approximate surface area is 163 Å². The van der Waals surface area contributed by atoms with Gasteiger partial charge in [-0.1, -0.05) is 0 Å². The van der Waals surface area contributed by atoms with Crippen molar-refractivity contribution in [3.63, 3.8) is 0 Å². The third kappa shape index (κ3) is 3.18. The molecule has 0 unspecified atom stereocenters. The summed E-state index contributed by atoms with van der Waals surface area (Å²) >= 11 is 0. The second-order valence-electron chi connectivity index (χ2n) is 7.03. The van der Waals surface area contributed by atoms with E-state index < -0.39 is 23.2 Å². The number of amides is 1. The number of carbonyl (C=O) groups excluding carboxylic acids is 1. The molecule has 0 bridgehead atoms. The van der Waals surface area contributed by atoms with Crippen LogP contribution in [0.15, 0.2) is 44.2 Å². The average Bonchev–Trinajstić information content (AvgIpc) is 3.03. The summed E-state index contributed by atoms with van der Waals surface area (Å²) in [6.07, 6.45) is 1.31. The minimum atomic E-state index is -0.899. The maximum Gasteiger partial charge on any atom is 0.340 e. The van der Waals surface area contributed by atoms with Crippen molar-refractivity contribution in [1.29, 1.82) is 0 Å². The normalized spacial score (nSPS) is 11.3. The molecule has 148 valence electrons. The number of furan rings is 1. The summed E-state index contributed by atoms with van der Waals surface area (Å²) in [7, 11) is 0. The lowest BCUT2D eigenvalue weighted by Gasteiger charge is -2.10. The van der Waals surface area contributed by atoms with Crippen LogP contribution in [0.25, 0.3) is 21.9 Å². The van der Waals surface area contributed by atoms with Crippen LogP contribution in [-0.2, 0) is 11.2 Å². The minimum absolute atomic E-state index is 0.150. The predicted molar refractivity (Wildman–Crippen MR) is 105 cm³/mol. The van der Waals surface area contributed by atoms with E-state index in [1.165, 1.54) is 0 Å². The van der Waals surface area contributed by atoms with Gasteiger partial charge in [-0.25, -0.2) is 13.6 Å². The lowest BCUT2D eigenvalue weighted by Crippen LogP contribution is -2.21. The first-order valence-corrected chi connectivity index (χ1v) is 8.95. The molecule has 0 aliphatic carbocycles. The van der Waals surface area contributed by atoms with Crippen molar-refractivity contribution >= 4 is 33.5 Å². The second-order valence-corrected chi connectivity index (χ2v) is 7.03. The Bertz CT molecular complexity index is 1350. The molecule has 29 heavy (non-hydrogen) atoms. The zero-order valence-corrected chi connectivity index (χ0v) is 16.0. The van der Waals surface area contributed by atoms with E-state index >= 15 is 0 Å². The monoisotopic (exact) mass is 397 g/mol. The van der Waals surface area contributed by atoms with Crippen molar-refractivity contribution in [3.05, 3.63) is 74.8 Å². The van der Waals surface area contributed by atoms with E-state index in [0.29, 0.717) is 28.2 Å². The molecule has 5 nitrogen and oxygen atoms in total. The van der Waals surface area contributed by atoms with Crippen LogP contribution >= 0.6 is 0 Å². The Kier molecular flexibility index (Phi) is 4.45. The van der Waals surface area contributed by atoms with Gasteiger partial charge in [0.2, 0.25) is 5.91 Å². The molecule has 1 amide bonds. The maximum atomic E-state index is 13.8. The summed E-state index contributed by atoms with van der Waals surface area (Å²) in [4.78, 5) is 24.9. The summed E-state index contributed by atoms with van der Waals surface area (Å²) in [5.41, 5.74) is 2.73. The van der Waals surface area contributed by atoms with Gasteiger partial charge in [0.25, 0.3) is 0 Å². The standard InChI is InChI=1S/C22H17F2NO4/c1-10-6-17-20(21-19(10)11(2)9-28-21)12(3)14(22(27)29-17)8-18(26)25-16-5-4-13(23)7-15(16)24/h4-7,9H,8H2,1-3H3,(H,25,26). The molecule has 1 N–H and O–H groups in total. The molecule has 0 fully saturated rings. The Morgan fingerprint density at radius 1 is 1.07 bits per heavy atom. The third-order valence-electron chi connectivity index (χ3n) is 5.01. The molecule has 2 heterocycles. The van der Waals surface area contributed by atoms with Crippen LogP contribution in [0.5, 0.6) is 0 Å². The lowest BCUT2D eigenvalue weighted by molar-refractivity contribution is -0.115. The first-order chi connectivity index (χ1) is 13.8. The Morgan fingerprint density at radius 3 is 2.55 bits per heavy atom. The maximum absolute atomic E-state index is 13.8. The molecule has 2 aromatic carbocycles. The van der Waals surface area contributed by atoms with Gasteiger partial charge < -0.3 is 14.2 Å². The van der Waals surface area contributed by atoms with E-state index in [9.17, 15) is 18.4 Å². The van der Waals surface area contributed by atoms with Gasteiger partial charge in [-0.05, 0) is 55.7 Å². The van der Waals surface area contributed by atoms with Crippen LogP contribution in [0, 0.1) is 32.4 Å². The van der Waals surface area contributed by atoms with E-state index in [1.54, 1.807) is 19.3 Å². The van der Waals surface area contributed by atoms with E-state index in [0.717, 1.165) is 28.6 Å².